The number of aromatic nitrogens is 1. The quantitative estimate of drug-likeness (QED) is 0.761. The highest BCUT2D eigenvalue weighted by Crippen LogP contribution is 2.40. The molecule has 0 aliphatic carbocycles. The number of alkyl halides is 3. The molecule has 0 atom stereocenters. The number of hydrogen-bond donors (Lipinski definition) is 0. The van der Waals surface area contributed by atoms with E-state index >= 15 is 0 Å². The molecule has 84 valence electrons. The number of nitrogens with zero attached hydrogens (tertiary/aromatic N) is 1. The molecule has 1 aromatic heterocycles. The van der Waals surface area contributed by atoms with Crippen molar-refractivity contribution >= 4 is 11.6 Å². The summed E-state index contributed by atoms with van der Waals surface area (Å²) < 4.78 is 42.1. The summed E-state index contributed by atoms with van der Waals surface area (Å²) >= 11 is 5.56. The zero-order valence-corrected chi connectivity index (χ0v) is 8.51. The number of rotatable bonds is 1. The summed E-state index contributed by atoms with van der Waals surface area (Å²) in [7, 11) is 0. The zero-order valence-electron chi connectivity index (χ0n) is 7.75. The zero-order chi connectivity index (χ0) is 11.8. The standard InChI is InChI=1S/C10H5ClF3NO/c11-9-7(6-4-2-1-3-5-6)8(15-16-9)10(12,13)14/h1-5H. The Balaban J connectivity index is 2.61. The van der Waals surface area contributed by atoms with Gasteiger partial charge in [-0.3, -0.25) is 0 Å². The van der Waals surface area contributed by atoms with E-state index in [-0.39, 0.29) is 10.8 Å². The molecule has 1 aromatic carbocycles. The van der Waals surface area contributed by atoms with Gasteiger partial charge in [-0.05, 0) is 17.2 Å². The fourth-order valence-corrected chi connectivity index (χ4v) is 1.55. The van der Waals surface area contributed by atoms with Crippen LogP contribution in [0.4, 0.5) is 13.2 Å². The number of hydrogen-bond acceptors (Lipinski definition) is 2. The van der Waals surface area contributed by atoms with E-state index in [0.717, 1.165) is 0 Å². The second-order valence-corrected chi connectivity index (χ2v) is 3.39. The van der Waals surface area contributed by atoms with Crippen molar-refractivity contribution in [2.45, 2.75) is 6.18 Å². The highest BCUT2D eigenvalue weighted by Gasteiger charge is 2.39. The molecule has 0 amide bonds. The van der Waals surface area contributed by atoms with Crippen LogP contribution in [0, 0.1) is 0 Å². The predicted octanol–water partition coefficient (Wildman–Crippen LogP) is 4.01. The second kappa shape index (κ2) is 3.83. The van der Waals surface area contributed by atoms with Crippen LogP contribution in [-0.2, 0) is 6.18 Å². The van der Waals surface area contributed by atoms with Crippen molar-refractivity contribution in [1.82, 2.24) is 5.16 Å². The summed E-state index contributed by atoms with van der Waals surface area (Å²) in [6, 6.07) is 7.93. The van der Waals surface area contributed by atoms with Crippen LogP contribution in [0.2, 0.25) is 5.22 Å². The second-order valence-electron chi connectivity index (χ2n) is 3.04. The number of benzene rings is 1. The van der Waals surface area contributed by atoms with Gasteiger partial charge in [0.25, 0.3) is 0 Å². The lowest BCUT2D eigenvalue weighted by molar-refractivity contribution is -0.142. The van der Waals surface area contributed by atoms with Gasteiger partial charge in [0.15, 0.2) is 5.69 Å². The van der Waals surface area contributed by atoms with Gasteiger partial charge < -0.3 is 4.52 Å². The van der Waals surface area contributed by atoms with Crippen LogP contribution in [0.1, 0.15) is 5.69 Å². The van der Waals surface area contributed by atoms with E-state index in [2.05, 4.69) is 9.68 Å². The van der Waals surface area contributed by atoms with Crippen LogP contribution in [0.5, 0.6) is 0 Å². The maximum absolute atomic E-state index is 12.6. The van der Waals surface area contributed by atoms with E-state index in [1.54, 1.807) is 18.2 Å². The lowest BCUT2D eigenvalue weighted by Crippen LogP contribution is -2.06. The first kappa shape index (κ1) is 11.0. The normalized spacial score (nSPS) is 11.8. The van der Waals surface area contributed by atoms with Crippen molar-refractivity contribution < 1.29 is 17.7 Å². The Bertz CT molecular complexity index is 493. The smallest absolute Gasteiger partial charge is 0.343 e. The molecule has 0 saturated heterocycles. The van der Waals surface area contributed by atoms with Gasteiger partial charge in [0.2, 0.25) is 5.22 Å². The van der Waals surface area contributed by atoms with Gasteiger partial charge >= 0.3 is 6.18 Å². The molecule has 2 aromatic rings. The van der Waals surface area contributed by atoms with E-state index in [4.69, 9.17) is 11.6 Å². The molecule has 0 N–H and O–H groups in total. The molecule has 0 fully saturated rings. The average molecular weight is 248 g/mol. The Kier molecular flexibility index (Phi) is 2.63. The van der Waals surface area contributed by atoms with Gasteiger partial charge in [0.05, 0.1) is 5.56 Å². The van der Waals surface area contributed by atoms with E-state index in [0.29, 0.717) is 5.56 Å². The van der Waals surface area contributed by atoms with Gasteiger partial charge in [0.1, 0.15) is 0 Å². The first-order chi connectivity index (χ1) is 7.50. The molecule has 16 heavy (non-hydrogen) atoms. The van der Waals surface area contributed by atoms with Crippen LogP contribution in [0.25, 0.3) is 11.1 Å². The van der Waals surface area contributed by atoms with Crippen LogP contribution in [-0.4, -0.2) is 5.16 Å². The molecule has 6 heteroatoms. The third-order valence-electron chi connectivity index (χ3n) is 1.98. The van der Waals surface area contributed by atoms with Crippen LogP contribution >= 0.6 is 11.6 Å². The monoisotopic (exact) mass is 247 g/mol. The number of halogens is 4. The van der Waals surface area contributed by atoms with Gasteiger partial charge in [-0.1, -0.05) is 35.5 Å². The summed E-state index contributed by atoms with van der Waals surface area (Å²) in [5.41, 5.74) is -1.01. The molecule has 0 bridgehead atoms. The fourth-order valence-electron chi connectivity index (χ4n) is 1.32. The molecule has 0 saturated carbocycles. The molecule has 0 spiro atoms. The van der Waals surface area contributed by atoms with E-state index in [1.165, 1.54) is 12.1 Å². The van der Waals surface area contributed by atoms with Gasteiger partial charge in [-0.2, -0.15) is 13.2 Å². The average Bonchev–Trinajstić information content (AvgIpc) is 2.61. The van der Waals surface area contributed by atoms with Crippen molar-refractivity contribution in [3.8, 4) is 11.1 Å². The van der Waals surface area contributed by atoms with Crippen molar-refractivity contribution in [1.29, 1.82) is 0 Å². The summed E-state index contributed by atoms with van der Waals surface area (Å²) in [5.74, 6) is 0. The van der Waals surface area contributed by atoms with Crippen molar-refractivity contribution in [3.63, 3.8) is 0 Å². The molecule has 0 aliphatic heterocycles. The maximum Gasteiger partial charge on any atom is 0.437 e. The molecule has 2 rings (SSSR count). The molecule has 2 nitrogen and oxygen atoms in total. The van der Waals surface area contributed by atoms with Gasteiger partial charge in [0, 0.05) is 0 Å². The van der Waals surface area contributed by atoms with Crippen molar-refractivity contribution in [2.24, 2.45) is 0 Å². The lowest BCUT2D eigenvalue weighted by atomic mass is 10.1. The van der Waals surface area contributed by atoms with Crippen molar-refractivity contribution in [2.75, 3.05) is 0 Å². The fraction of sp³-hybridized carbons (Fsp3) is 0.100. The van der Waals surface area contributed by atoms with Crippen molar-refractivity contribution in [3.05, 3.63) is 41.2 Å². The molecule has 0 aliphatic rings. The summed E-state index contributed by atoms with van der Waals surface area (Å²) in [5, 5.41) is 2.57. The first-order valence-corrected chi connectivity index (χ1v) is 4.65. The van der Waals surface area contributed by atoms with Gasteiger partial charge in [-0.15, -0.1) is 0 Å². The minimum Gasteiger partial charge on any atom is -0.343 e. The first-order valence-electron chi connectivity index (χ1n) is 4.28. The topological polar surface area (TPSA) is 26.0 Å². The summed E-state index contributed by atoms with van der Waals surface area (Å²) in [4.78, 5) is 0. The van der Waals surface area contributed by atoms with E-state index < -0.39 is 11.9 Å². The van der Waals surface area contributed by atoms with Crippen LogP contribution in [0.15, 0.2) is 34.9 Å². The molecular formula is C10H5ClF3NO. The Morgan fingerprint density at radius 2 is 1.75 bits per heavy atom. The Morgan fingerprint density at radius 1 is 1.12 bits per heavy atom. The molecular weight excluding hydrogens is 243 g/mol. The lowest BCUT2D eigenvalue weighted by Gasteiger charge is -2.04. The summed E-state index contributed by atoms with van der Waals surface area (Å²) in [6.07, 6.45) is -4.58. The SMILES string of the molecule is FC(F)(F)c1noc(Cl)c1-c1ccccc1. The highest BCUT2D eigenvalue weighted by atomic mass is 35.5. The van der Waals surface area contributed by atoms with E-state index in [1.807, 2.05) is 0 Å². The molecule has 0 radical (unpaired) electrons. The van der Waals surface area contributed by atoms with E-state index in [9.17, 15) is 13.2 Å². The Hall–Kier alpha value is -1.49. The third kappa shape index (κ3) is 1.90. The summed E-state index contributed by atoms with van der Waals surface area (Å²) in [6.45, 7) is 0. The minimum atomic E-state index is -4.58. The van der Waals surface area contributed by atoms with Crippen LogP contribution in [0.3, 0.4) is 0 Å². The maximum atomic E-state index is 12.6. The minimum absolute atomic E-state index is 0.227. The highest BCUT2D eigenvalue weighted by molar-refractivity contribution is 6.31. The largest absolute Gasteiger partial charge is 0.437 e. The molecule has 1 heterocycles. The Morgan fingerprint density at radius 3 is 2.31 bits per heavy atom. The molecule has 0 unspecified atom stereocenters. The van der Waals surface area contributed by atoms with Crippen LogP contribution < -0.4 is 0 Å². The Labute approximate surface area is 93.6 Å². The van der Waals surface area contributed by atoms with Gasteiger partial charge in [-0.25, -0.2) is 0 Å². The predicted molar refractivity (Wildman–Crippen MR) is 52.0 cm³/mol. The third-order valence-corrected chi connectivity index (χ3v) is 2.24.